The summed E-state index contributed by atoms with van der Waals surface area (Å²) >= 11 is 0. The molecule has 0 saturated carbocycles. The smallest absolute Gasteiger partial charge is 0.241 e. The Kier molecular flexibility index (Phi) is 3.49. The van der Waals surface area contributed by atoms with Crippen LogP contribution < -0.4 is 19.7 Å². The van der Waals surface area contributed by atoms with Crippen LogP contribution in [0.2, 0.25) is 0 Å². The van der Waals surface area contributed by atoms with E-state index in [4.69, 9.17) is 9.47 Å². The van der Waals surface area contributed by atoms with Gasteiger partial charge in [0.2, 0.25) is 5.91 Å². The monoisotopic (exact) mass is 236 g/mol. The fourth-order valence-electron chi connectivity index (χ4n) is 1.87. The lowest BCUT2D eigenvalue weighted by Gasteiger charge is -2.28. The van der Waals surface area contributed by atoms with Crippen LogP contribution in [-0.4, -0.2) is 39.8 Å². The third-order valence-electron chi connectivity index (χ3n) is 2.77. The van der Waals surface area contributed by atoms with E-state index in [0.29, 0.717) is 24.6 Å². The van der Waals surface area contributed by atoms with Crippen LogP contribution in [0.4, 0.5) is 5.69 Å². The summed E-state index contributed by atoms with van der Waals surface area (Å²) in [6.45, 7) is 1.79. The summed E-state index contributed by atoms with van der Waals surface area (Å²) in [6.07, 6.45) is 0. The Labute approximate surface area is 100 Å². The predicted molar refractivity (Wildman–Crippen MR) is 64.8 cm³/mol. The van der Waals surface area contributed by atoms with Crippen molar-refractivity contribution in [1.29, 1.82) is 0 Å². The Morgan fingerprint density at radius 3 is 2.76 bits per heavy atom. The van der Waals surface area contributed by atoms with Gasteiger partial charge in [0, 0.05) is 19.2 Å². The first-order valence-electron chi connectivity index (χ1n) is 5.49. The number of methoxy groups -OCH3 is 2. The third kappa shape index (κ3) is 2.34. The second-order valence-electron chi connectivity index (χ2n) is 3.76. The molecular weight excluding hydrogens is 220 g/mol. The summed E-state index contributed by atoms with van der Waals surface area (Å²) in [5.74, 6) is 1.44. The van der Waals surface area contributed by atoms with E-state index >= 15 is 0 Å². The molecule has 92 valence electrons. The predicted octanol–water partition coefficient (Wildman–Crippen LogP) is 0.640. The fraction of sp³-hybridized carbons (Fsp3) is 0.417. The maximum absolute atomic E-state index is 11.8. The van der Waals surface area contributed by atoms with Crippen LogP contribution in [-0.2, 0) is 4.79 Å². The number of carbonyl (C=O) groups excluding carboxylic acids is 1. The highest BCUT2D eigenvalue weighted by Gasteiger charge is 2.22. The molecule has 1 aliphatic heterocycles. The van der Waals surface area contributed by atoms with Crippen molar-refractivity contribution in [3.8, 4) is 11.5 Å². The molecule has 0 aliphatic carbocycles. The number of benzene rings is 1. The quantitative estimate of drug-likeness (QED) is 0.836. The number of hydrogen-bond acceptors (Lipinski definition) is 4. The van der Waals surface area contributed by atoms with Crippen LogP contribution in [0.1, 0.15) is 0 Å². The molecule has 1 amide bonds. The van der Waals surface area contributed by atoms with Crippen LogP contribution in [0.5, 0.6) is 11.5 Å². The number of anilines is 1. The Morgan fingerprint density at radius 1 is 1.29 bits per heavy atom. The standard InChI is InChI=1S/C12H16N2O3/c1-16-9-3-4-11(17-2)10(7-9)14-6-5-13-8-12(14)15/h3-4,7,13H,5-6,8H2,1-2H3. The number of carbonyl (C=O) groups is 1. The van der Waals surface area contributed by atoms with Crippen molar-refractivity contribution in [1.82, 2.24) is 5.32 Å². The zero-order valence-electron chi connectivity index (χ0n) is 10.0. The Morgan fingerprint density at radius 2 is 2.12 bits per heavy atom. The van der Waals surface area contributed by atoms with Gasteiger partial charge in [0.05, 0.1) is 26.5 Å². The molecule has 1 aliphatic rings. The summed E-state index contributed by atoms with van der Waals surface area (Å²) < 4.78 is 10.4. The van der Waals surface area contributed by atoms with Gasteiger partial charge in [0.1, 0.15) is 11.5 Å². The third-order valence-corrected chi connectivity index (χ3v) is 2.77. The van der Waals surface area contributed by atoms with E-state index in [1.54, 1.807) is 19.1 Å². The minimum Gasteiger partial charge on any atom is -0.497 e. The number of piperazine rings is 1. The molecule has 1 saturated heterocycles. The highest BCUT2D eigenvalue weighted by atomic mass is 16.5. The number of rotatable bonds is 3. The number of amides is 1. The molecule has 2 rings (SSSR count). The van der Waals surface area contributed by atoms with E-state index in [1.807, 2.05) is 18.2 Å². The van der Waals surface area contributed by atoms with Gasteiger partial charge < -0.3 is 19.7 Å². The molecule has 0 atom stereocenters. The van der Waals surface area contributed by atoms with Gasteiger partial charge in [0.15, 0.2) is 0 Å². The van der Waals surface area contributed by atoms with E-state index in [0.717, 1.165) is 12.2 Å². The summed E-state index contributed by atoms with van der Waals surface area (Å²) in [6, 6.07) is 5.44. The second-order valence-corrected chi connectivity index (χ2v) is 3.76. The lowest BCUT2D eigenvalue weighted by Crippen LogP contribution is -2.48. The lowest BCUT2D eigenvalue weighted by molar-refractivity contribution is -0.118. The molecule has 1 aromatic rings. The van der Waals surface area contributed by atoms with Crippen molar-refractivity contribution >= 4 is 11.6 Å². The van der Waals surface area contributed by atoms with Crippen LogP contribution in [0.25, 0.3) is 0 Å². The lowest BCUT2D eigenvalue weighted by atomic mass is 10.2. The maximum Gasteiger partial charge on any atom is 0.241 e. The number of nitrogens with zero attached hydrogens (tertiary/aromatic N) is 1. The van der Waals surface area contributed by atoms with E-state index in [1.165, 1.54) is 0 Å². The molecule has 0 aromatic heterocycles. The molecule has 5 nitrogen and oxygen atoms in total. The maximum atomic E-state index is 11.8. The van der Waals surface area contributed by atoms with E-state index < -0.39 is 0 Å². The Hall–Kier alpha value is -1.75. The minimum absolute atomic E-state index is 0.0443. The van der Waals surface area contributed by atoms with Gasteiger partial charge in [-0.3, -0.25) is 4.79 Å². The van der Waals surface area contributed by atoms with Crippen LogP contribution in [0.15, 0.2) is 18.2 Å². The highest BCUT2D eigenvalue weighted by molar-refractivity contribution is 5.97. The highest BCUT2D eigenvalue weighted by Crippen LogP contribution is 2.32. The van der Waals surface area contributed by atoms with Crippen molar-refractivity contribution in [2.75, 3.05) is 38.8 Å². The van der Waals surface area contributed by atoms with Crippen molar-refractivity contribution < 1.29 is 14.3 Å². The average molecular weight is 236 g/mol. The van der Waals surface area contributed by atoms with Crippen LogP contribution >= 0.6 is 0 Å². The van der Waals surface area contributed by atoms with Gasteiger partial charge in [-0.05, 0) is 12.1 Å². The zero-order chi connectivity index (χ0) is 12.3. The molecular formula is C12H16N2O3. The van der Waals surface area contributed by atoms with Gasteiger partial charge in [-0.25, -0.2) is 0 Å². The van der Waals surface area contributed by atoms with Crippen molar-refractivity contribution in [3.05, 3.63) is 18.2 Å². The number of hydrogen-bond donors (Lipinski definition) is 1. The van der Waals surface area contributed by atoms with Gasteiger partial charge >= 0.3 is 0 Å². The first-order valence-corrected chi connectivity index (χ1v) is 5.49. The van der Waals surface area contributed by atoms with Gasteiger partial charge in [0.25, 0.3) is 0 Å². The molecule has 1 fully saturated rings. The second kappa shape index (κ2) is 5.05. The molecule has 1 heterocycles. The summed E-state index contributed by atoms with van der Waals surface area (Å²) in [4.78, 5) is 13.5. The molecule has 1 N–H and O–H groups in total. The topological polar surface area (TPSA) is 50.8 Å². The van der Waals surface area contributed by atoms with Crippen LogP contribution in [0, 0.1) is 0 Å². The first kappa shape index (κ1) is 11.7. The minimum atomic E-state index is 0.0443. The summed E-state index contributed by atoms with van der Waals surface area (Å²) in [5, 5.41) is 3.04. The van der Waals surface area contributed by atoms with Gasteiger partial charge in [-0.2, -0.15) is 0 Å². The van der Waals surface area contributed by atoms with Crippen molar-refractivity contribution in [3.63, 3.8) is 0 Å². The molecule has 0 radical (unpaired) electrons. The van der Waals surface area contributed by atoms with E-state index in [-0.39, 0.29) is 5.91 Å². The molecule has 0 unspecified atom stereocenters. The molecule has 17 heavy (non-hydrogen) atoms. The van der Waals surface area contributed by atoms with Crippen LogP contribution in [0.3, 0.4) is 0 Å². The first-order chi connectivity index (χ1) is 8.26. The van der Waals surface area contributed by atoms with E-state index in [2.05, 4.69) is 5.32 Å². The Bertz CT molecular complexity index is 420. The van der Waals surface area contributed by atoms with Crippen molar-refractivity contribution in [2.24, 2.45) is 0 Å². The Balaban J connectivity index is 2.37. The zero-order valence-corrected chi connectivity index (χ0v) is 10.0. The molecule has 1 aromatic carbocycles. The fourth-order valence-corrected chi connectivity index (χ4v) is 1.87. The summed E-state index contributed by atoms with van der Waals surface area (Å²) in [7, 11) is 3.20. The molecule has 0 bridgehead atoms. The van der Waals surface area contributed by atoms with E-state index in [9.17, 15) is 4.79 Å². The number of ether oxygens (including phenoxy) is 2. The average Bonchev–Trinajstić information content (AvgIpc) is 2.38. The normalized spacial score (nSPS) is 15.9. The SMILES string of the molecule is COc1ccc(OC)c(N2CCNCC2=O)c1. The molecule has 0 spiro atoms. The largest absolute Gasteiger partial charge is 0.497 e. The van der Waals surface area contributed by atoms with Crippen molar-refractivity contribution in [2.45, 2.75) is 0 Å². The number of nitrogens with one attached hydrogen (secondary N) is 1. The molecule has 5 heteroatoms. The van der Waals surface area contributed by atoms with Gasteiger partial charge in [-0.15, -0.1) is 0 Å². The summed E-state index contributed by atoms with van der Waals surface area (Å²) in [5.41, 5.74) is 0.762. The van der Waals surface area contributed by atoms with Gasteiger partial charge in [-0.1, -0.05) is 0 Å².